The molecule has 0 saturated heterocycles. The van der Waals surface area contributed by atoms with Crippen molar-refractivity contribution in [2.24, 2.45) is 11.8 Å². The third-order valence-corrected chi connectivity index (χ3v) is 2.59. The summed E-state index contributed by atoms with van der Waals surface area (Å²) in [5.74, 6) is -4.28. The van der Waals surface area contributed by atoms with Gasteiger partial charge in [0.1, 0.15) is 5.78 Å². The second-order valence-electron chi connectivity index (χ2n) is 3.53. The zero-order valence-electron chi connectivity index (χ0n) is 7.60. The van der Waals surface area contributed by atoms with Gasteiger partial charge in [0.25, 0.3) is 0 Å². The Kier molecular flexibility index (Phi) is 3.22. The summed E-state index contributed by atoms with van der Waals surface area (Å²) in [4.78, 5) is 32.2. The smallest absolute Gasteiger partial charge is 0.318 e. The van der Waals surface area contributed by atoms with E-state index in [2.05, 4.69) is 0 Å². The van der Waals surface area contributed by atoms with Crippen molar-refractivity contribution in [3.8, 4) is 0 Å². The molecule has 0 atom stereocenters. The molecule has 0 bridgehead atoms. The van der Waals surface area contributed by atoms with Crippen LogP contribution >= 0.6 is 0 Å². The molecule has 1 saturated carbocycles. The minimum Gasteiger partial charge on any atom is -0.481 e. The molecular weight excluding hydrogens is 188 g/mol. The first-order valence-electron chi connectivity index (χ1n) is 4.49. The van der Waals surface area contributed by atoms with E-state index in [9.17, 15) is 14.4 Å². The lowest BCUT2D eigenvalue weighted by Crippen LogP contribution is -2.33. The maximum Gasteiger partial charge on any atom is 0.318 e. The van der Waals surface area contributed by atoms with Crippen LogP contribution in [0.25, 0.3) is 0 Å². The Morgan fingerprint density at radius 1 is 1.14 bits per heavy atom. The molecule has 1 aliphatic carbocycles. The first-order valence-corrected chi connectivity index (χ1v) is 4.49. The van der Waals surface area contributed by atoms with Crippen molar-refractivity contribution >= 4 is 17.7 Å². The number of rotatable bonds is 3. The zero-order chi connectivity index (χ0) is 10.7. The fraction of sp³-hybridized carbons (Fsp3) is 0.667. The van der Waals surface area contributed by atoms with E-state index < -0.39 is 23.8 Å². The summed E-state index contributed by atoms with van der Waals surface area (Å²) in [6.07, 6.45) is 1.37. The number of hydrogen-bond acceptors (Lipinski definition) is 3. The SMILES string of the molecule is O=C1CCC(C(C(=O)O)C(=O)O)CC1. The average molecular weight is 200 g/mol. The van der Waals surface area contributed by atoms with E-state index in [1.165, 1.54) is 0 Å². The lowest BCUT2D eigenvalue weighted by molar-refractivity contribution is -0.158. The summed E-state index contributed by atoms with van der Waals surface area (Å²) in [5, 5.41) is 17.4. The summed E-state index contributed by atoms with van der Waals surface area (Å²) >= 11 is 0. The van der Waals surface area contributed by atoms with Gasteiger partial charge in [-0.25, -0.2) is 0 Å². The lowest BCUT2D eigenvalue weighted by atomic mass is 9.79. The van der Waals surface area contributed by atoms with Gasteiger partial charge in [-0.2, -0.15) is 0 Å². The van der Waals surface area contributed by atoms with E-state index in [1.54, 1.807) is 0 Å². The molecule has 0 aromatic carbocycles. The fourth-order valence-electron chi connectivity index (χ4n) is 1.80. The number of carboxylic acid groups (broad SMARTS) is 2. The minimum absolute atomic E-state index is 0.0933. The third-order valence-electron chi connectivity index (χ3n) is 2.59. The van der Waals surface area contributed by atoms with Crippen LogP contribution in [0.15, 0.2) is 0 Å². The van der Waals surface area contributed by atoms with Crippen molar-refractivity contribution in [3.63, 3.8) is 0 Å². The Bertz CT molecular complexity index is 246. The van der Waals surface area contributed by atoms with Crippen LogP contribution in [0.5, 0.6) is 0 Å². The quantitative estimate of drug-likeness (QED) is 0.648. The van der Waals surface area contributed by atoms with Gasteiger partial charge in [-0.05, 0) is 18.8 Å². The first kappa shape index (κ1) is 10.7. The van der Waals surface area contributed by atoms with Crippen LogP contribution < -0.4 is 0 Å². The van der Waals surface area contributed by atoms with Crippen LogP contribution in [-0.2, 0) is 14.4 Å². The molecule has 0 heterocycles. The number of aliphatic carboxylic acids is 2. The molecule has 1 aliphatic rings. The molecule has 0 spiro atoms. The van der Waals surface area contributed by atoms with Crippen LogP contribution in [0.1, 0.15) is 25.7 Å². The Morgan fingerprint density at radius 3 is 1.93 bits per heavy atom. The second-order valence-corrected chi connectivity index (χ2v) is 3.53. The molecule has 0 aromatic heterocycles. The minimum atomic E-state index is -1.36. The Labute approximate surface area is 80.7 Å². The second kappa shape index (κ2) is 4.21. The van der Waals surface area contributed by atoms with Crippen molar-refractivity contribution in [3.05, 3.63) is 0 Å². The predicted octanol–water partition coefficient (Wildman–Crippen LogP) is 0.531. The van der Waals surface area contributed by atoms with E-state index >= 15 is 0 Å². The monoisotopic (exact) mass is 200 g/mol. The Balaban J connectivity index is 2.65. The van der Waals surface area contributed by atoms with Gasteiger partial charge in [0, 0.05) is 12.8 Å². The van der Waals surface area contributed by atoms with E-state index in [0.29, 0.717) is 25.7 Å². The molecule has 0 aliphatic heterocycles. The number of hydrogen-bond donors (Lipinski definition) is 2. The fourth-order valence-corrected chi connectivity index (χ4v) is 1.80. The lowest BCUT2D eigenvalue weighted by Gasteiger charge is -2.23. The van der Waals surface area contributed by atoms with Gasteiger partial charge in [0.05, 0.1) is 0 Å². The molecule has 0 amide bonds. The molecular formula is C9H12O5. The van der Waals surface area contributed by atoms with E-state index in [-0.39, 0.29) is 5.78 Å². The summed E-state index contributed by atoms with van der Waals surface area (Å²) in [5.41, 5.74) is 0. The Morgan fingerprint density at radius 2 is 1.57 bits per heavy atom. The van der Waals surface area contributed by atoms with Gasteiger partial charge in [0.15, 0.2) is 5.92 Å². The van der Waals surface area contributed by atoms with E-state index in [4.69, 9.17) is 10.2 Å². The van der Waals surface area contributed by atoms with E-state index in [0.717, 1.165) is 0 Å². The molecule has 5 nitrogen and oxygen atoms in total. The molecule has 5 heteroatoms. The highest BCUT2D eigenvalue weighted by atomic mass is 16.4. The predicted molar refractivity (Wildman–Crippen MR) is 45.7 cm³/mol. The number of carboxylic acids is 2. The highest BCUT2D eigenvalue weighted by Crippen LogP contribution is 2.28. The normalized spacial score (nSPS) is 18.5. The molecule has 1 fully saturated rings. The van der Waals surface area contributed by atoms with Gasteiger partial charge in [-0.3, -0.25) is 14.4 Å². The largest absolute Gasteiger partial charge is 0.481 e. The van der Waals surface area contributed by atoms with Crippen LogP contribution in [0.4, 0.5) is 0 Å². The van der Waals surface area contributed by atoms with Gasteiger partial charge in [-0.1, -0.05) is 0 Å². The maximum atomic E-state index is 10.9. The van der Waals surface area contributed by atoms with Gasteiger partial charge in [0.2, 0.25) is 0 Å². The van der Waals surface area contributed by atoms with Gasteiger partial charge in [-0.15, -0.1) is 0 Å². The maximum absolute atomic E-state index is 10.9. The molecule has 1 rings (SSSR count). The van der Waals surface area contributed by atoms with Gasteiger partial charge >= 0.3 is 11.9 Å². The standard InChI is InChI=1S/C9H12O5/c10-6-3-1-5(2-4-6)7(8(11)12)9(13)14/h5,7H,1-4H2,(H,11,12)(H,13,14). The molecule has 78 valence electrons. The number of Topliss-reactive ketones (excluding diaryl/α,β-unsaturated/α-hetero) is 1. The zero-order valence-corrected chi connectivity index (χ0v) is 7.60. The third kappa shape index (κ3) is 2.31. The van der Waals surface area contributed by atoms with E-state index in [1.807, 2.05) is 0 Å². The number of carbonyl (C=O) groups excluding carboxylic acids is 1. The molecule has 2 N–H and O–H groups in total. The number of ketones is 1. The van der Waals surface area contributed by atoms with Crippen molar-refractivity contribution < 1.29 is 24.6 Å². The van der Waals surface area contributed by atoms with Crippen LogP contribution in [0, 0.1) is 11.8 Å². The van der Waals surface area contributed by atoms with Crippen molar-refractivity contribution in [1.82, 2.24) is 0 Å². The number of carbonyl (C=O) groups is 3. The van der Waals surface area contributed by atoms with Crippen molar-refractivity contribution in [1.29, 1.82) is 0 Å². The summed E-state index contributed by atoms with van der Waals surface area (Å²) in [6.45, 7) is 0. The van der Waals surface area contributed by atoms with Crippen LogP contribution in [-0.4, -0.2) is 27.9 Å². The topological polar surface area (TPSA) is 91.7 Å². The first-order chi connectivity index (χ1) is 6.52. The van der Waals surface area contributed by atoms with Crippen molar-refractivity contribution in [2.45, 2.75) is 25.7 Å². The van der Waals surface area contributed by atoms with Crippen LogP contribution in [0.2, 0.25) is 0 Å². The van der Waals surface area contributed by atoms with Crippen LogP contribution in [0.3, 0.4) is 0 Å². The van der Waals surface area contributed by atoms with Crippen molar-refractivity contribution in [2.75, 3.05) is 0 Å². The summed E-state index contributed by atoms with van der Waals surface area (Å²) in [7, 11) is 0. The van der Waals surface area contributed by atoms with Gasteiger partial charge < -0.3 is 10.2 Å². The highest BCUT2D eigenvalue weighted by Gasteiger charge is 2.36. The summed E-state index contributed by atoms with van der Waals surface area (Å²) in [6, 6.07) is 0. The highest BCUT2D eigenvalue weighted by molar-refractivity contribution is 5.93. The summed E-state index contributed by atoms with van der Waals surface area (Å²) < 4.78 is 0. The Hall–Kier alpha value is -1.39. The molecule has 0 unspecified atom stereocenters. The molecule has 0 aromatic rings. The molecule has 14 heavy (non-hydrogen) atoms. The average Bonchev–Trinajstić information content (AvgIpc) is 2.07. The molecule has 0 radical (unpaired) electrons.